The van der Waals surface area contributed by atoms with Gasteiger partial charge in [-0.1, -0.05) is 25.1 Å². The Morgan fingerprint density at radius 2 is 2.34 bits per heavy atom. The molecule has 0 saturated heterocycles. The van der Waals surface area contributed by atoms with Crippen LogP contribution in [-0.2, 0) is 24.7 Å². The Balaban J connectivity index is 1.42. The number of aryl methyl sites for hydroxylation is 1. The van der Waals surface area contributed by atoms with Crippen LogP contribution in [0.2, 0.25) is 0 Å². The molecule has 1 aliphatic rings. The van der Waals surface area contributed by atoms with E-state index in [4.69, 9.17) is 5.26 Å². The molecular formula is C20H21N5OS3. The predicted octanol–water partition coefficient (Wildman–Crippen LogP) is 4.72. The third-order valence-electron chi connectivity index (χ3n) is 5.19. The lowest BCUT2D eigenvalue weighted by Crippen LogP contribution is -2.14. The molecule has 29 heavy (non-hydrogen) atoms. The summed E-state index contributed by atoms with van der Waals surface area (Å²) in [4.78, 5) is 14.9. The number of hydrogen-bond acceptors (Lipinski definition) is 7. The Labute approximate surface area is 182 Å². The number of fused-ring (bicyclic) bond motifs is 1. The smallest absolute Gasteiger partial charge is 0.235 e. The van der Waals surface area contributed by atoms with Crippen molar-refractivity contribution in [3.63, 3.8) is 0 Å². The number of thiophene rings is 2. The maximum absolute atomic E-state index is 12.2. The number of nitriles is 1. The van der Waals surface area contributed by atoms with Gasteiger partial charge in [0.05, 0.1) is 16.2 Å². The van der Waals surface area contributed by atoms with E-state index in [0.29, 0.717) is 15.7 Å². The van der Waals surface area contributed by atoms with E-state index in [-0.39, 0.29) is 11.7 Å². The molecule has 3 aromatic heterocycles. The molecule has 0 aliphatic heterocycles. The fourth-order valence-electron chi connectivity index (χ4n) is 3.50. The summed E-state index contributed by atoms with van der Waals surface area (Å²) in [6.45, 7) is 2.27. The Kier molecular flexibility index (Phi) is 6.04. The van der Waals surface area contributed by atoms with Crippen molar-refractivity contribution in [1.82, 2.24) is 14.8 Å². The van der Waals surface area contributed by atoms with Gasteiger partial charge in [-0.05, 0) is 48.3 Å². The molecule has 4 rings (SSSR count). The average molecular weight is 444 g/mol. The zero-order valence-electron chi connectivity index (χ0n) is 16.3. The summed E-state index contributed by atoms with van der Waals surface area (Å²) in [6, 6.07) is 6.05. The first-order chi connectivity index (χ1) is 14.1. The lowest BCUT2D eigenvalue weighted by Gasteiger charge is -2.19. The number of thioether (sulfide) groups is 1. The second kappa shape index (κ2) is 8.69. The summed E-state index contributed by atoms with van der Waals surface area (Å²) < 4.78 is 1.96. The van der Waals surface area contributed by atoms with Gasteiger partial charge in [0.2, 0.25) is 5.91 Å². The number of carbonyl (C=O) groups excluding carboxylic acids is 1. The van der Waals surface area contributed by atoms with Crippen molar-refractivity contribution < 1.29 is 4.79 Å². The molecule has 9 heteroatoms. The number of aromatic nitrogens is 3. The third kappa shape index (κ3) is 4.25. The summed E-state index contributed by atoms with van der Waals surface area (Å²) in [5.74, 6) is 1.70. The lowest BCUT2D eigenvalue weighted by atomic mass is 9.87. The first-order valence-corrected chi connectivity index (χ1v) is 12.2. The van der Waals surface area contributed by atoms with Crippen LogP contribution >= 0.6 is 34.4 Å². The molecule has 0 bridgehead atoms. The summed E-state index contributed by atoms with van der Waals surface area (Å²) in [7, 11) is 1.94. The van der Waals surface area contributed by atoms with E-state index in [1.54, 1.807) is 11.4 Å². The highest BCUT2D eigenvalue weighted by Gasteiger charge is 2.22. The largest absolute Gasteiger partial charge is 0.316 e. The molecule has 1 aliphatic carbocycles. The van der Waals surface area contributed by atoms with Crippen LogP contribution in [0.1, 0.15) is 35.8 Å². The molecular weight excluding hydrogens is 422 g/mol. The summed E-state index contributed by atoms with van der Waals surface area (Å²) in [5.41, 5.74) is 1.95. The number of nitrogens with one attached hydrogen (secondary N) is 1. The van der Waals surface area contributed by atoms with Gasteiger partial charge in [-0.3, -0.25) is 4.79 Å². The minimum Gasteiger partial charge on any atom is -0.316 e. The number of rotatable bonds is 6. The number of anilines is 1. The molecule has 0 spiro atoms. The van der Waals surface area contributed by atoms with Crippen LogP contribution in [-0.4, -0.2) is 26.4 Å². The molecule has 1 unspecified atom stereocenters. The van der Waals surface area contributed by atoms with Crippen LogP contribution in [0.15, 0.2) is 22.7 Å². The van der Waals surface area contributed by atoms with Gasteiger partial charge in [-0.15, -0.1) is 32.9 Å². The normalized spacial score (nSPS) is 15.7. The van der Waals surface area contributed by atoms with Gasteiger partial charge in [0, 0.05) is 11.9 Å². The fourth-order valence-corrected chi connectivity index (χ4v) is 6.19. The van der Waals surface area contributed by atoms with Crippen molar-refractivity contribution in [1.29, 1.82) is 5.26 Å². The van der Waals surface area contributed by atoms with Crippen LogP contribution in [0.25, 0.3) is 10.7 Å². The molecule has 3 heterocycles. The van der Waals surface area contributed by atoms with E-state index in [0.717, 1.165) is 29.5 Å². The van der Waals surface area contributed by atoms with E-state index >= 15 is 0 Å². The SMILES string of the molecule is CCC1CCc2sc(-c3nnc(SCC(=O)Nc4sccc4C#N)n3C)cc2C1. The van der Waals surface area contributed by atoms with Crippen molar-refractivity contribution in [2.24, 2.45) is 13.0 Å². The van der Waals surface area contributed by atoms with Crippen molar-refractivity contribution in [3.05, 3.63) is 33.5 Å². The van der Waals surface area contributed by atoms with Crippen molar-refractivity contribution in [3.8, 4) is 16.8 Å². The third-order valence-corrected chi connectivity index (χ3v) is 8.27. The Hall–Kier alpha value is -2.15. The molecule has 1 amide bonds. The zero-order valence-corrected chi connectivity index (χ0v) is 18.7. The minimum absolute atomic E-state index is 0.157. The Bertz CT molecular complexity index is 1070. The number of carbonyl (C=O) groups is 1. The van der Waals surface area contributed by atoms with Crippen LogP contribution in [0.4, 0.5) is 5.00 Å². The van der Waals surface area contributed by atoms with Crippen LogP contribution < -0.4 is 5.32 Å². The first-order valence-electron chi connectivity index (χ1n) is 9.50. The molecule has 3 aromatic rings. The Morgan fingerprint density at radius 1 is 1.48 bits per heavy atom. The molecule has 6 nitrogen and oxygen atoms in total. The van der Waals surface area contributed by atoms with E-state index < -0.39 is 0 Å². The van der Waals surface area contributed by atoms with Gasteiger partial charge < -0.3 is 9.88 Å². The second-order valence-corrected chi connectivity index (χ2v) is 10.0. The minimum atomic E-state index is -0.157. The monoisotopic (exact) mass is 443 g/mol. The summed E-state index contributed by atoms with van der Waals surface area (Å²) in [5, 5.41) is 23.6. The van der Waals surface area contributed by atoms with Gasteiger partial charge in [0.1, 0.15) is 11.1 Å². The van der Waals surface area contributed by atoms with Crippen LogP contribution in [0.5, 0.6) is 0 Å². The predicted molar refractivity (Wildman–Crippen MR) is 119 cm³/mol. The van der Waals surface area contributed by atoms with Crippen molar-refractivity contribution in [2.75, 3.05) is 11.1 Å². The molecule has 1 N–H and O–H groups in total. The van der Waals surface area contributed by atoms with Gasteiger partial charge in [0.25, 0.3) is 0 Å². The fraction of sp³-hybridized carbons (Fsp3) is 0.400. The van der Waals surface area contributed by atoms with Crippen LogP contribution in [0, 0.1) is 17.2 Å². The van der Waals surface area contributed by atoms with Gasteiger partial charge in [-0.2, -0.15) is 5.26 Å². The van der Waals surface area contributed by atoms with Gasteiger partial charge >= 0.3 is 0 Å². The molecule has 0 fully saturated rings. The van der Waals surface area contributed by atoms with E-state index in [1.807, 2.05) is 23.0 Å². The highest BCUT2D eigenvalue weighted by atomic mass is 32.2. The number of hydrogen-bond donors (Lipinski definition) is 1. The molecule has 150 valence electrons. The highest BCUT2D eigenvalue weighted by molar-refractivity contribution is 7.99. The zero-order chi connectivity index (χ0) is 20.4. The topological polar surface area (TPSA) is 83.6 Å². The van der Waals surface area contributed by atoms with Crippen molar-refractivity contribution >= 4 is 45.3 Å². The van der Waals surface area contributed by atoms with Crippen molar-refractivity contribution in [2.45, 2.75) is 37.8 Å². The summed E-state index contributed by atoms with van der Waals surface area (Å²) >= 11 is 4.51. The molecule has 0 saturated carbocycles. The maximum atomic E-state index is 12.2. The van der Waals surface area contributed by atoms with E-state index in [1.165, 1.54) is 46.4 Å². The standard InChI is InChI=1S/C20H21N5OS3/c1-3-12-4-5-15-14(8-12)9-16(29-15)18-23-24-20(25(18)2)28-11-17(26)22-19-13(10-21)6-7-27-19/h6-7,9,12H,3-5,8,11H2,1-2H3,(H,22,26). The number of amides is 1. The molecule has 1 atom stereocenters. The molecule has 0 radical (unpaired) electrons. The lowest BCUT2D eigenvalue weighted by molar-refractivity contribution is -0.113. The Morgan fingerprint density at radius 3 is 3.14 bits per heavy atom. The second-order valence-electron chi connectivity index (χ2n) is 7.05. The van der Waals surface area contributed by atoms with E-state index in [9.17, 15) is 4.79 Å². The molecule has 0 aromatic carbocycles. The first kappa shape index (κ1) is 20.1. The highest BCUT2D eigenvalue weighted by Crippen LogP contribution is 2.38. The quantitative estimate of drug-likeness (QED) is 0.557. The average Bonchev–Trinajstić information content (AvgIpc) is 3.43. The summed E-state index contributed by atoms with van der Waals surface area (Å²) in [6.07, 6.45) is 4.83. The van der Waals surface area contributed by atoms with E-state index in [2.05, 4.69) is 34.6 Å². The van der Waals surface area contributed by atoms with Gasteiger partial charge in [0.15, 0.2) is 11.0 Å². The van der Waals surface area contributed by atoms with Crippen LogP contribution in [0.3, 0.4) is 0 Å². The maximum Gasteiger partial charge on any atom is 0.235 e. The van der Waals surface area contributed by atoms with Gasteiger partial charge in [-0.25, -0.2) is 0 Å². The number of nitrogens with zero attached hydrogens (tertiary/aromatic N) is 4.